The predicted molar refractivity (Wildman–Crippen MR) is 104 cm³/mol. The number of nitrogens with one attached hydrogen (secondary N) is 1. The molecular weight excluding hydrogens is 324 g/mol. The molecule has 0 spiro atoms. The van der Waals surface area contributed by atoms with Gasteiger partial charge in [0.15, 0.2) is 0 Å². The van der Waals surface area contributed by atoms with E-state index in [1.54, 1.807) is 13.3 Å². The van der Waals surface area contributed by atoms with Gasteiger partial charge in [0.2, 0.25) is 0 Å². The van der Waals surface area contributed by atoms with Crippen molar-refractivity contribution in [2.75, 3.05) is 16.8 Å². The zero-order valence-corrected chi connectivity index (χ0v) is 14.8. The Bertz CT molecular complexity index is 896. The number of para-hydroxylation sites is 1. The number of nitrogens with zero attached hydrogens (tertiary/aromatic N) is 3. The third-order valence-electron chi connectivity index (χ3n) is 4.75. The number of aromatic nitrogens is 2. The molecule has 1 atom stereocenters. The molecule has 5 nitrogen and oxygen atoms in total. The minimum Gasteiger partial charge on any atom is -0.389 e. The summed E-state index contributed by atoms with van der Waals surface area (Å²) in [6, 6.07) is 18.2. The number of anilines is 3. The number of hydrogen-bond donors (Lipinski definition) is 2. The molecule has 1 aliphatic rings. The van der Waals surface area contributed by atoms with Crippen LogP contribution in [0.25, 0.3) is 0 Å². The van der Waals surface area contributed by atoms with Crippen molar-refractivity contribution in [2.24, 2.45) is 0 Å². The standard InChI is InChI=1S/C21H22N4O/c1-15(26)16-7-8-18-13-25(10-9-17(18)11-16)21-12-20(22-14-23-21)24-19-5-3-2-4-6-19/h2-8,11-12,14-15,26H,9-10,13H2,1H3,(H,22,23,24)/t15-/m0/s1. The first kappa shape index (κ1) is 16.5. The molecule has 2 heterocycles. The zero-order chi connectivity index (χ0) is 17.9. The molecular formula is C21H22N4O. The Hall–Kier alpha value is -2.92. The fraction of sp³-hybridized carbons (Fsp3) is 0.238. The molecule has 0 saturated heterocycles. The maximum atomic E-state index is 9.77. The first-order valence-electron chi connectivity index (χ1n) is 8.88. The number of fused-ring (bicyclic) bond motifs is 1. The lowest BCUT2D eigenvalue weighted by atomic mass is 9.96. The Labute approximate surface area is 153 Å². The molecule has 4 rings (SSSR count). The van der Waals surface area contributed by atoms with Crippen LogP contribution in [0.2, 0.25) is 0 Å². The van der Waals surface area contributed by atoms with Crippen molar-refractivity contribution >= 4 is 17.3 Å². The van der Waals surface area contributed by atoms with Crippen molar-refractivity contribution in [1.29, 1.82) is 0 Å². The Morgan fingerprint density at radius 1 is 1.04 bits per heavy atom. The second-order valence-electron chi connectivity index (χ2n) is 6.63. The summed E-state index contributed by atoms with van der Waals surface area (Å²) < 4.78 is 0. The highest BCUT2D eigenvalue weighted by molar-refractivity contribution is 5.59. The first-order valence-corrected chi connectivity index (χ1v) is 8.88. The Balaban J connectivity index is 1.53. The zero-order valence-electron chi connectivity index (χ0n) is 14.8. The van der Waals surface area contributed by atoms with Crippen LogP contribution in [0.5, 0.6) is 0 Å². The van der Waals surface area contributed by atoms with Crippen LogP contribution in [-0.4, -0.2) is 21.6 Å². The molecule has 3 aromatic rings. The highest BCUT2D eigenvalue weighted by atomic mass is 16.3. The van der Waals surface area contributed by atoms with E-state index in [0.29, 0.717) is 0 Å². The molecule has 26 heavy (non-hydrogen) atoms. The number of aliphatic hydroxyl groups excluding tert-OH is 1. The Morgan fingerprint density at radius 3 is 2.69 bits per heavy atom. The molecule has 2 N–H and O–H groups in total. The lowest BCUT2D eigenvalue weighted by Crippen LogP contribution is -2.31. The summed E-state index contributed by atoms with van der Waals surface area (Å²) in [5, 5.41) is 13.1. The maximum Gasteiger partial charge on any atom is 0.135 e. The molecule has 0 amide bonds. The van der Waals surface area contributed by atoms with Crippen LogP contribution in [0.3, 0.4) is 0 Å². The van der Waals surface area contributed by atoms with Crippen molar-refractivity contribution < 1.29 is 5.11 Å². The summed E-state index contributed by atoms with van der Waals surface area (Å²) in [4.78, 5) is 11.1. The van der Waals surface area contributed by atoms with Crippen molar-refractivity contribution in [3.63, 3.8) is 0 Å². The molecule has 1 aliphatic heterocycles. The minimum atomic E-state index is -0.424. The van der Waals surface area contributed by atoms with Crippen LogP contribution >= 0.6 is 0 Å². The van der Waals surface area contributed by atoms with Gasteiger partial charge in [-0.1, -0.05) is 36.4 Å². The Morgan fingerprint density at radius 2 is 1.88 bits per heavy atom. The third-order valence-corrected chi connectivity index (χ3v) is 4.75. The second kappa shape index (κ2) is 7.14. The molecule has 0 saturated carbocycles. The van der Waals surface area contributed by atoms with Crippen LogP contribution in [0.4, 0.5) is 17.3 Å². The van der Waals surface area contributed by atoms with Gasteiger partial charge in [-0.05, 0) is 42.2 Å². The Kier molecular flexibility index (Phi) is 4.54. The quantitative estimate of drug-likeness (QED) is 0.752. The molecule has 0 bridgehead atoms. The summed E-state index contributed by atoms with van der Waals surface area (Å²) in [7, 11) is 0. The molecule has 0 unspecified atom stereocenters. The molecule has 0 aliphatic carbocycles. The van der Waals surface area contributed by atoms with Crippen LogP contribution in [-0.2, 0) is 13.0 Å². The van der Waals surface area contributed by atoms with E-state index < -0.39 is 6.10 Å². The highest BCUT2D eigenvalue weighted by Crippen LogP contribution is 2.27. The number of rotatable bonds is 4. The molecule has 132 valence electrons. The van der Waals surface area contributed by atoms with E-state index in [0.717, 1.165) is 42.4 Å². The second-order valence-corrected chi connectivity index (χ2v) is 6.63. The summed E-state index contributed by atoms with van der Waals surface area (Å²) >= 11 is 0. The minimum absolute atomic E-state index is 0.424. The smallest absolute Gasteiger partial charge is 0.135 e. The van der Waals surface area contributed by atoms with Crippen molar-refractivity contribution in [1.82, 2.24) is 9.97 Å². The molecule has 5 heteroatoms. The summed E-state index contributed by atoms with van der Waals surface area (Å²) in [6.45, 7) is 3.52. The molecule has 2 aromatic carbocycles. The van der Waals surface area contributed by atoms with Crippen LogP contribution in [0.1, 0.15) is 29.7 Å². The van der Waals surface area contributed by atoms with Crippen molar-refractivity contribution in [3.8, 4) is 0 Å². The lowest BCUT2D eigenvalue weighted by molar-refractivity contribution is 0.199. The molecule has 0 fully saturated rings. The van der Waals surface area contributed by atoms with Crippen molar-refractivity contribution in [3.05, 3.63) is 77.6 Å². The van der Waals surface area contributed by atoms with Gasteiger partial charge >= 0.3 is 0 Å². The lowest BCUT2D eigenvalue weighted by Gasteiger charge is -2.30. The van der Waals surface area contributed by atoms with E-state index in [1.165, 1.54) is 11.1 Å². The van der Waals surface area contributed by atoms with Gasteiger partial charge in [-0.2, -0.15) is 0 Å². The normalized spacial score (nSPS) is 14.6. The number of aliphatic hydroxyl groups is 1. The van der Waals surface area contributed by atoms with Crippen LogP contribution < -0.4 is 10.2 Å². The van der Waals surface area contributed by atoms with Gasteiger partial charge in [-0.3, -0.25) is 0 Å². The predicted octanol–water partition coefficient (Wildman–Crippen LogP) is 3.84. The van der Waals surface area contributed by atoms with E-state index in [1.807, 2.05) is 42.5 Å². The van der Waals surface area contributed by atoms with Gasteiger partial charge in [0.05, 0.1) is 6.10 Å². The van der Waals surface area contributed by atoms with E-state index in [2.05, 4.69) is 32.3 Å². The third kappa shape index (κ3) is 3.53. The summed E-state index contributed by atoms with van der Waals surface area (Å²) in [5.41, 5.74) is 4.59. The fourth-order valence-corrected chi connectivity index (χ4v) is 3.29. The van der Waals surface area contributed by atoms with Gasteiger partial charge in [0.1, 0.15) is 18.0 Å². The van der Waals surface area contributed by atoms with E-state index in [4.69, 9.17) is 0 Å². The molecule has 0 radical (unpaired) electrons. The van der Waals surface area contributed by atoms with Crippen LogP contribution in [0.15, 0.2) is 60.9 Å². The number of hydrogen-bond acceptors (Lipinski definition) is 5. The maximum absolute atomic E-state index is 9.77. The highest BCUT2D eigenvalue weighted by Gasteiger charge is 2.19. The molecule has 1 aromatic heterocycles. The van der Waals surface area contributed by atoms with E-state index >= 15 is 0 Å². The largest absolute Gasteiger partial charge is 0.389 e. The van der Waals surface area contributed by atoms with Gasteiger partial charge in [-0.25, -0.2) is 9.97 Å². The van der Waals surface area contributed by atoms with Gasteiger partial charge < -0.3 is 15.3 Å². The monoisotopic (exact) mass is 346 g/mol. The van der Waals surface area contributed by atoms with Gasteiger partial charge in [0, 0.05) is 24.8 Å². The topological polar surface area (TPSA) is 61.3 Å². The van der Waals surface area contributed by atoms with Crippen LogP contribution in [0, 0.1) is 0 Å². The summed E-state index contributed by atoms with van der Waals surface area (Å²) in [5.74, 6) is 1.71. The SMILES string of the molecule is C[C@H](O)c1ccc2c(c1)CCN(c1cc(Nc3ccccc3)ncn1)C2. The van der Waals surface area contributed by atoms with Gasteiger partial charge in [-0.15, -0.1) is 0 Å². The average Bonchev–Trinajstić information content (AvgIpc) is 2.68. The van der Waals surface area contributed by atoms with E-state index in [-0.39, 0.29) is 0 Å². The van der Waals surface area contributed by atoms with Crippen molar-refractivity contribution in [2.45, 2.75) is 26.0 Å². The fourth-order valence-electron chi connectivity index (χ4n) is 3.29. The summed E-state index contributed by atoms with van der Waals surface area (Å²) in [6.07, 6.45) is 2.13. The van der Waals surface area contributed by atoms with Gasteiger partial charge in [0.25, 0.3) is 0 Å². The first-order chi connectivity index (χ1) is 12.7. The number of benzene rings is 2. The van der Waals surface area contributed by atoms with E-state index in [9.17, 15) is 5.11 Å². The average molecular weight is 346 g/mol.